The van der Waals surface area contributed by atoms with Gasteiger partial charge in [-0.3, -0.25) is 4.79 Å². The second kappa shape index (κ2) is 6.17. The normalized spacial score (nSPS) is 26.3. The summed E-state index contributed by atoms with van der Waals surface area (Å²) in [6.07, 6.45) is 3.78. The van der Waals surface area contributed by atoms with Gasteiger partial charge in [0, 0.05) is 12.0 Å². The van der Waals surface area contributed by atoms with Crippen molar-refractivity contribution >= 4 is 27.0 Å². The van der Waals surface area contributed by atoms with Gasteiger partial charge >= 0.3 is 0 Å². The van der Waals surface area contributed by atoms with E-state index in [1.807, 2.05) is 25.1 Å². The molecule has 0 radical (unpaired) electrons. The number of nitrogens with zero attached hydrogens (tertiary/aromatic N) is 1. The van der Waals surface area contributed by atoms with Gasteiger partial charge in [0.15, 0.2) is 17.2 Å². The van der Waals surface area contributed by atoms with Crippen LogP contribution in [-0.2, 0) is 10.0 Å². The maximum atomic E-state index is 12.3. The molecule has 5 rings (SSSR count). The summed E-state index contributed by atoms with van der Waals surface area (Å²) in [6, 6.07) is 8.56. The first-order valence-electron chi connectivity index (χ1n) is 9.51. The zero-order valence-corrected chi connectivity index (χ0v) is 16.7. The number of nitrogens with one attached hydrogen (secondary N) is 1. The Labute approximate surface area is 167 Å². The molecular weight excluding hydrogens is 394 g/mol. The molecule has 9 heteroatoms. The zero-order valence-electron chi connectivity index (χ0n) is 15.8. The molecule has 2 aromatic heterocycles. The molecule has 2 aliphatic rings. The Morgan fingerprint density at radius 3 is 2.62 bits per heavy atom. The van der Waals surface area contributed by atoms with E-state index in [0.29, 0.717) is 5.92 Å². The summed E-state index contributed by atoms with van der Waals surface area (Å²) in [6.45, 7) is 2.04. The Balaban J connectivity index is 1.16. The average molecular weight is 415 g/mol. The molecule has 0 atom stereocenters. The van der Waals surface area contributed by atoms with E-state index in [1.165, 1.54) is 12.1 Å². The van der Waals surface area contributed by atoms with E-state index >= 15 is 0 Å². The molecule has 8 nitrogen and oxygen atoms in total. The molecule has 0 bridgehead atoms. The van der Waals surface area contributed by atoms with Crippen LogP contribution in [0.25, 0.3) is 11.1 Å². The van der Waals surface area contributed by atoms with Crippen molar-refractivity contribution in [3.8, 4) is 0 Å². The fourth-order valence-corrected chi connectivity index (χ4v) is 5.13. The smallest absolute Gasteiger partial charge is 0.287 e. The molecule has 2 aliphatic carbocycles. The molecule has 1 amide bonds. The number of aromatic nitrogens is 1. The third-order valence-corrected chi connectivity index (χ3v) is 6.83. The Morgan fingerprint density at radius 2 is 1.93 bits per heavy atom. The molecule has 0 saturated heterocycles. The van der Waals surface area contributed by atoms with Crippen LogP contribution in [0.2, 0.25) is 0 Å². The van der Waals surface area contributed by atoms with Gasteiger partial charge in [0.25, 0.3) is 15.9 Å². The monoisotopic (exact) mass is 415 g/mol. The van der Waals surface area contributed by atoms with Crippen molar-refractivity contribution in [3.05, 3.63) is 47.5 Å². The SMILES string of the molecule is Cc1ccc2oc(C3CC4(CC(NC(=O)c5ccc(S(N)(=O)=O)o5)C4)C3)nc2c1. The molecule has 0 unspecified atom stereocenters. The van der Waals surface area contributed by atoms with E-state index in [2.05, 4.69) is 10.3 Å². The summed E-state index contributed by atoms with van der Waals surface area (Å²) in [5.41, 5.74) is 3.11. The molecule has 0 aliphatic heterocycles. The minimum absolute atomic E-state index is 0.0526. The van der Waals surface area contributed by atoms with E-state index in [-0.39, 0.29) is 17.2 Å². The fraction of sp³-hybridized carbons (Fsp3) is 0.400. The lowest BCUT2D eigenvalue weighted by atomic mass is 9.50. The first-order valence-corrected chi connectivity index (χ1v) is 11.1. The number of sulfonamides is 1. The van der Waals surface area contributed by atoms with Crippen molar-refractivity contribution < 1.29 is 22.0 Å². The number of primary sulfonamides is 1. The first-order chi connectivity index (χ1) is 13.7. The number of carbonyl (C=O) groups is 1. The van der Waals surface area contributed by atoms with Crippen molar-refractivity contribution in [2.24, 2.45) is 10.6 Å². The number of oxazole rings is 1. The molecule has 2 fully saturated rings. The highest BCUT2D eigenvalue weighted by Crippen LogP contribution is 2.61. The van der Waals surface area contributed by atoms with E-state index in [1.54, 1.807) is 0 Å². The summed E-state index contributed by atoms with van der Waals surface area (Å²) in [7, 11) is -3.96. The van der Waals surface area contributed by atoms with Crippen LogP contribution in [0.5, 0.6) is 0 Å². The Morgan fingerprint density at radius 1 is 1.17 bits per heavy atom. The molecule has 29 heavy (non-hydrogen) atoms. The van der Waals surface area contributed by atoms with E-state index in [4.69, 9.17) is 14.0 Å². The summed E-state index contributed by atoms with van der Waals surface area (Å²) >= 11 is 0. The molecule has 3 aromatic rings. The van der Waals surface area contributed by atoms with Crippen molar-refractivity contribution in [2.75, 3.05) is 0 Å². The van der Waals surface area contributed by atoms with Crippen LogP contribution in [0.3, 0.4) is 0 Å². The predicted molar refractivity (Wildman–Crippen MR) is 104 cm³/mol. The quantitative estimate of drug-likeness (QED) is 0.674. The summed E-state index contributed by atoms with van der Waals surface area (Å²) in [4.78, 5) is 16.9. The van der Waals surface area contributed by atoms with Gasteiger partial charge in [0.2, 0.25) is 5.09 Å². The molecule has 1 aromatic carbocycles. The predicted octanol–water partition coefficient (Wildman–Crippen LogP) is 2.83. The Kier molecular flexibility index (Phi) is 3.91. The molecule has 2 saturated carbocycles. The molecule has 3 N–H and O–H groups in total. The highest BCUT2D eigenvalue weighted by Gasteiger charge is 2.54. The van der Waals surface area contributed by atoms with Gasteiger partial charge in [-0.25, -0.2) is 18.5 Å². The number of aryl methyl sites for hydroxylation is 1. The van der Waals surface area contributed by atoms with Gasteiger partial charge in [-0.2, -0.15) is 0 Å². The van der Waals surface area contributed by atoms with Crippen molar-refractivity contribution in [2.45, 2.75) is 49.7 Å². The van der Waals surface area contributed by atoms with Crippen LogP contribution in [0, 0.1) is 12.3 Å². The summed E-state index contributed by atoms with van der Waals surface area (Å²) in [5.74, 6) is 0.643. The third kappa shape index (κ3) is 3.24. The van der Waals surface area contributed by atoms with Crippen LogP contribution in [-0.4, -0.2) is 25.4 Å². The number of fused-ring (bicyclic) bond motifs is 1. The molecule has 152 valence electrons. The van der Waals surface area contributed by atoms with Crippen LogP contribution in [0.15, 0.2) is 44.3 Å². The maximum Gasteiger partial charge on any atom is 0.287 e. The van der Waals surface area contributed by atoms with Crippen LogP contribution in [0.4, 0.5) is 0 Å². The van der Waals surface area contributed by atoms with Gasteiger partial charge in [-0.15, -0.1) is 0 Å². The number of furan rings is 1. The second-order valence-electron chi connectivity index (χ2n) is 8.37. The van der Waals surface area contributed by atoms with E-state index in [0.717, 1.165) is 48.2 Å². The second-order valence-corrected chi connectivity index (χ2v) is 9.86. The summed E-state index contributed by atoms with van der Waals surface area (Å²) < 4.78 is 33.5. The number of hydrogen-bond donors (Lipinski definition) is 2. The summed E-state index contributed by atoms with van der Waals surface area (Å²) in [5, 5.41) is 7.48. The van der Waals surface area contributed by atoms with Crippen molar-refractivity contribution in [1.29, 1.82) is 0 Å². The fourth-order valence-electron chi connectivity index (χ4n) is 4.66. The number of rotatable bonds is 4. The van der Waals surface area contributed by atoms with Crippen LogP contribution in [0.1, 0.15) is 53.6 Å². The standard InChI is InChI=1S/C20H21N3O5S/c1-11-2-3-15-14(6-11)23-19(28-15)12-7-20(8-12)9-13(10-20)22-18(24)16-4-5-17(27-16)29(21,25)26/h2-6,12-13H,7-10H2,1H3,(H,22,24)(H2,21,25,26). The number of nitrogens with two attached hydrogens (primary N) is 1. The van der Waals surface area contributed by atoms with Gasteiger partial charge in [0.1, 0.15) is 5.52 Å². The number of amides is 1. The zero-order chi connectivity index (χ0) is 20.4. The maximum absolute atomic E-state index is 12.3. The Hall–Kier alpha value is -2.65. The lowest BCUT2D eigenvalue weighted by Gasteiger charge is -2.57. The van der Waals surface area contributed by atoms with Crippen LogP contribution < -0.4 is 10.5 Å². The van der Waals surface area contributed by atoms with Crippen LogP contribution >= 0.6 is 0 Å². The van der Waals surface area contributed by atoms with Gasteiger partial charge < -0.3 is 14.2 Å². The van der Waals surface area contributed by atoms with E-state index < -0.39 is 21.0 Å². The topological polar surface area (TPSA) is 128 Å². The first kappa shape index (κ1) is 18.4. The third-order valence-electron chi connectivity index (χ3n) is 6.05. The lowest BCUT2D eigenvalue weighted by molar-refractivity contribution is -0.0256. The van der Waals surface area contributed by atoms with Gasteiger partial charge in [-0.05, 0) is 67.9 Å². The highest BCUT2D eigenvalue weighted by molar-refractivity contribution is 7.89. The molecule has 1 spiro atoms. The molecule has 2 heterocycles. The number of carbonyl (C=O) groups excluding carboxylic acids is 1. The highest BCUT2D eigenvalue weighted by atomic mass is 32.2. The number of hydrogen-bond acceptors (Lipinski definition) is 6. The van der Waals surface area contributed by atoms with Crippen molar-refractivity contribution in [3.63, 3.8) is 0 Å². The van der Waals surface area contributed by atoms with Gasteiger partial charge in [-0.1, -0.05) is 6.07 Å². The van der Waals surface area contributed by atoms with Crippen molar-refractivity contribution in [1.82, 2.24) is 10.3 Å². The lowest BCUT2D eigenvalue weighted by Crippen LogP contribution is -2.55. The van der Waals surface area contributed by atoms with E-state index in [9.17, 15) is 13.2 Å². The minimum atomic E-state index is -3.96. The van der Waals surface area contributed by atoms with Gasteiger partial charge in [0.05, 0.1) is 0 Å². The number of benzene rings is 1. The minimum Gasteiger partial charge on any atom is -0.440 e. The largest absolute Gasteiger partial charge is 0.440 e. The molecular formula is C20H21N3O5S. The average Bonchev–Trinajstić information content (AvgIpc) is 3.21. The Bertz CT molecular complexity index is 1210.